The van der Waals surface area contributed by atoms with Gasteiger partial charge in [-0.2, -0.15) is 0 Å². The lowest BCUT2D eigenvalue weighted by atomic mass is 9.87. The van der Waals surface area contributed by atoms with E-state index < -0.39 is 5.54 Å². The first-order valence-electron chi connectivity index (χ1n) is 10.3. The summed E-state index contributed by atoms with van der Waals surface area (Å²) in [5.41, 5.74) is 8.16. The number of halogens is 2. The molecule has 1 atom stereocenters. The van der Waals surface area contributed by atoms with Gasteiger partial charge in [-0.25, -0.2) is 24.3 Å². The van der Waals surface area contributed by atoms with Crippen LogP contribution >= 0.6 is 22.6 Å². The van der Waals surface area contributed by atoms with Crippen LogP contribution in [0.15, 0.2) is 49.1 Å². The molecular formula is C22H22FIN8. The van der Waals surface area contributed by atoms with Crippen molar-refractivity contribution in [3.05, 3.63) is 69.7 Å². The Bertz CT molecular complexity index is 1230. The number of aromatic amines is 1. The van der Waals surface area contributed by atoms with Crippen molar-refractivity contribution >= 4 is 45.4 Å². The van der Waals surface area contributed by atoms with Gasteiger partial charge in [-0.15, -0.1) is 0 Å². The third-order valence-corrected chi connectivity index (χ3v) is 6.50. The van der Waals surface area contributed by atoms with Crippen molar-refractivity contribution in [1.82, 2.24) is 24.9 Å². The summed E-state index contributed by atoms with van der Waals surface area (Å²) in [6, 6.07) is 8.28. The van der Waals surface area contributed by atoms with Gasteiger partial charge in [0.25, 0.3) is 0 Å². The minimum atomic E-state index is -0.808. The zero-order valence-electron chi connectivity index (χ0n) is 17.5. The Labute approximate surface area is 198 Å². The molecule has 1 aliphatic heterocycles. The van der Waals surface area contributed by atoms with Crippen molar-refractivity contribution in [2.24, 2.45) is 5.73 Å². The second-order valence-corrected chi connectivity index (χ2v) is 9.19. The highest BCUT2D eigenvalue weighted by molar-refractivity contribution is 14.1. The molecule has 4 heterocycles. The summed E-state index contributed by atoms with van der Waals surface area (Å²) in [5.74, 6) is 1.33. The Balaban J connectivity index is 1.29. The molecule has 0 radical (unpaired) electrons. The van der Waals surface area contributed by atoms with E-state index in [1.165, 1.54) is 12.1 Å². The van der Waals surface area contributed by atoms with Crippen LogP contribution in [0.3, 0.4) is 0 Å². The minimum Gasteiger partial charge on any atom is -0.352 e. The predicted octanol–water partition coefficient (Wildman–Crippen LogP) is 3.04. The molecule has 5 rings (SSSR count). The van der Waals surface area contributed by atoms with Gasteiger partial charge in [0, 0.05) is 44.1 Å². The molecule has 4 aromatic rings. The Morgan fingerprint density at radius 1 is 0.969 bits per heavy atom. The van der Waals surface area contributed by atoms with Gasteiger partial charge in [0.15, 0.2) is 0 Å². The fourth-order valence-corrected chi connectivity index (χ4v) is 4.55. The lowest BCUT2D eigenvalue weighted by molar-refractivity contribution is 0.585. The van der Waals surface area contributed by atoms with Crippen LogP contribution in [-0.4, -0.2) is 51.1 Å². The number of anilines is 2. The molecule has 0 unspecified atom stereocenters. The molecule has 1 aliphatic rings. The van der Waals surface area contributed by atoms with E-state index >= 15 is 0 Å². The fourth-order valence-electron chi connectivity index (χ4n) is 3.98. The van der Waals surface area contributed by atoms with Crippen molar-refractivity contribution in [3.8, 4) is 0 Å². The summed E-state index contributed by atoms with van der Waals surface area (Å²) in [6.45, 7) is 5.06. The van der Waals surface area contributed by atoms with Crippen molar-refractivity contribution in [2.45, 2.75) is 12.5 Å². The van der Waals surface area contributed by atoms with Gasteiger partial charge in [0.1, 0.15) is 23.6 Å². The number of H-pyrrole nitrogens is 1. The van der Waals surface area contributed by atoms with Crippen LogP contribution in [0, 0.1) is 9.52 Å². The lowest BCUT2D eigenvalue weighted by Gasteiger charge is -2.35. The molecule has 164 valence electrons. The van der Waals surface area contributed by atoms with Gasteiger partial charge in [-0.1, -0.05) is 12.1 Å². The first-order valence-corrected chi connectivity index (χ1v) is 11.4. The van der Waals surface area contributed by atoms with Crippen LogP contribution in [-0.2, 0) is 5.54 Å². The Morgan fingerprint density at radius 2 is 1.62 bits per heavy atom. The number of piperazine rings is 1. The molecule has 3 N–H and O–H groups in total. The summed E-state index contributed by atoms with van der Waals surface area (Å²) in [4.78, 5) is 25.7. The molecular weight excluding hydrogens is 522 g/mol. The number of benzene rings is 1. The van der Waals surface area contributed by atoms with Gasteiger partial charge in [-0.05, 0) is 53.3 Å². The second-order valence-electron chi connectivity index (χ2n) is 8.03. The zero-order chi connectivity index (χ0) is 22.3. The standard InChI is InChI=1S/C22H22FIN8/c1-22(25,14-2-4-16(23)5-3-14)15-11-26-21(27-12-15)32-8-6-31(7-9-32)20-17-10-18(24)30-19(17)28-13-29-20/h2-5,10-13H,6-9,25H2,1H3,(H,28,29,30)/t22-/m0/s1. The third kappa shape index (κ3) is 3.88. The SMILES string of the molecule is C[C@](N)(c1ccc(F)cc1)c1cnc(N2CCN(c3ncnc4[nH]c(I)cc34)CC2)nc1. The fraction of sp³-hybridized carbons (Fsp3) is 0.273. The average Bonchev–Trinajstić information content (AvgIpc) is 3.20. The van der Waals surface area contributed by atoms with Crippen molar-refractivity contribution in [1.29, 1.82) is 0 Å². The van der Waals surface area contributed by atoms with E-state index in [0.717, 1.165) is 57.9 Å². The first-order chi connectivity index (χ1) is 15.4. The van der Waals surface area contributed by atoms with E-state index in [1.54, 1.807) is 30.9 Å². The molecule has 0 spiro atoms. The van der Waals surface area contributed by atoms with E-state index in [-0.39, 0.29) is 5.82 Å². The Morgan fingerprint density at radius 3 is 2.31 bits per heavy atom. The van der Waals surface area contributed by atoms with Gasteiger partial charge >= 0.3 is 0 Å². The molecule has 1 saturated heterocycles. The number of nitrogens with two attached hydrogens (primary N) is 1. The Hall–Kier alpha value is -2.86. The second kappa shape index (κ2) is 8.24. The van der Waals surface area contributed by atoms with E-state index in [1.807, 2.05) is 6.92 Å². The molecule has 3 aromatic heterocycles. The smallest absolute Gasteiger partial charge is 0.225 e. The van der Waals surface area contributed by atoms with Crippen LogP contribution in [0.2, 0.25) is 0 Å². The highest BCUT2D eigenvalue weighted by atomic mass is 127. The van der Waals surface area contributed by atoms with E-state index in [4.69, 9.17) is 5.73 Å². The summed E-state index contributed by atoms with van der Waals surface area (Å²) < 4.78 is 14.3. The number of hydrogen-bond donors (Lipinski definition) is 2. The van der Waals surface area contributed by atoms with Gasteiger partial charge in [0.2, 0.25) is 5.95 Å². The summed E-state index contributed by atoms with van der Waals surface area (Å²) in [5, 5.41) is 1.04. The third-order valence-electron chi connectivity index (χ3n) is 5.92. The van der Waals surface area contributed by atoms with Gasteiger partial charge in [0.05, 0.1) is 14.6 Å². The summed E-state index contributed by atoms with van der Waals surface area (Å²) in [6.07, 6.45) is 5.12. The summed E-state index contributed by atoms with van der Waals surface area (Å²) in [7, 11) is 0. The van der Waals surface area contributed by atoms with Crippen molar-refractivity contribution in [2.75, 3.05) is 36.0 Å². The maximum absolute atomic E-state index is 13.3. The molecule has 1 fully saturated rings. The van der Waals surface area contributed by atoms with E-state index in [2.05, 4.69) is 63.4 Å². The number of rotatable bonds is 4. The monoisotopic (exact) mass is 544 g/mol. The van der Waals surface area contributed by atoms with E-state index in [9.17, 15) is 4.39 Å². The molecule has 32 heavy (non-hydrogen) atoms. The molecule has 0 amide bonds. The quantitative estimate of drug-likeness (QED) is 0.381. The topological polar surface area (TPSA) is 99.9 Å². The van der Waals surface area contributed by atoms with Crippen LogP contribution < -0.4 is 15.5 Å². The Kier molecular flexibility index (Phi) is 5.41. The van der Waals surface area contributed by atoms with Crippen LogP contribution in [0.25, 0.3) is 11.0 Å². The highest BCUT2D eigenvalue weighted by Crippen LogP contribution is 2.28. The summed E-state index contributed by atoms with van der Waals surface area (Å²) >= 11 is 2.25. The maximum atomic E-state index is 13.3. The van der Waals surface area contributed by atoms with Crippen LogP contribution in [0.4, 0.5) is 16.2 Å². The zero-order valence-corrected chi connectivity index (χ0v) is 19.6. The molecule has 0 saturated carbocycles. The number of nitrogens with zero attached hydrogens (tertiary/aromatic N) is 6. The average molecular weight is 544 g/mol. The molecule has 0 bridgehead atoms. The number of aromatic nitrogens is 5. The van der Waals surface area contributed by atoms with Crippen molar-refractivity contribution < 1.29 is 4.39 Å². The molecule has 1 aromatic carbocycles. The number of fused-ring (bicyclic) bond motifs is 1. The minimum absolute atomic E-state index is 0.288. The van der Waals surface area contributed by atoms with Gasteiger partial charge < -0.3 is 20.5 Å². The number of nitrogens with one attached hydrogen (secondary N) is 1. The largest absolute Gasteiger partial charge is 0.352 e. The van der Waals surface area contributed by atoms with E-state index in [0.29, 0.717) is 5.95 Å². The molecule has 8 nitrogen and oxygen atoms in total. The first kappa shape index (κ1) is 21.0. The lowest BCUT2D eigenvalue weighted by Crippen LogP contribution is -2.47. The normalized spacial score (nSPS) is 16.4. The van der Waals surface area contributed by atoms with Crippen LogP contribution in [0.1, 0.15) is 18.1 Å². The predicted molar refractivity (Wildman–Crippen MR) is 130 cm³/mol. The maximum Gasteiger partial charge on any atom is 0.225 e. The van der Waals surface area contributed by atoms with Gasteiger partial charge in [-0.3, -0.25) is 0 Å². The number of hydrogen-bond acceptors (Lipinski definition) is 7. The highest BCUT2D eigenvalue weighted by Gasteiger charge is 2.26. The van der Waals surface area contributed by atoms with Crippen LogP contribution in [0.5, 0.6) is 0 Å². The molecule has 10 heteroatoms. The molecule has 0 aliphatic carbocycles. The van der Waals surface area contributed by atoms with Crippen molar-refractivity contribution in [3.63, 3.8) is 0 Å².